The zero-order valence-corrected chi connectivity index (χ0v) is 13.7. The molecule has 2 nitrogen and oxygen atoms in total. The molecule has 0 aliphatic carbocycles. The fourth-order valence-corrected chi connectivity index (χ4v) is 2.24. The topological polar surface area (TPSA) is 17.3 Å². The van der Waals surface area contributed by atoms with Gasteiger partial charge in [-0.3, -0.25) is 0 Å². The number of halogens is 3. The van der Waals surface area contributed by atoms with Crippen molar-refractivity contribution in [3.8, 4) is 11.3 Å². The Kier molecular flexibility index (Phi) is 4.38. The predicted molar refractivity (Wildman–Crippen MR) is 75.4 cm³/mol. The van der Waals surface area contributed by atoms with Gasteiger partial charge in [-0.05, 0) is 31.2 Å². The number of nitrogens with zero attached hydrogens (tertiary/aromatic N) is 2. The molecule has 5 heteroatoms. The molecule has 2 heterocycles. The molecular formula is C14H10Cl2IN2-. The third-order valence-electron chi connectivity index (χ3n) is 2.91. The second kappa shape index (κ2) is 5.69. The first-order valence-electron chi connectivity index (χ1n) is 5.55. The van der Waals surface area contributed by atoms with Gasteiger partial charge in [-0.2, -0.15) is 0 Å². The number of hydrogen-bond donors (Lipinski definition) is 0. The highest BCUT2D eigenvalue weighted by atomic mass is 127. The lowest BCUT2D eigenvalue weighted by atomic mass is 10.2. The monoisotopic (exact) mass is 403 g/mol. The van der Waals surface area contributed by atoms with E-state index < -0.39 is 0 Å². The summed E-state index contributed by atoms with van der Waals surface area (Å²) in [5.74, 6) is 0. The number of fused-ring (bicyclic) bond motifs is 1. The molecule has 0 atom stereocenters. The minimum absolute atomic E-state index is 0. The molecule has 1 aromatic carbocycles. The van der Waals surface area contributed by atoms with Gasteiger partial charge in [0.15, 0.2) is 0 Å². The maximum absolute atomic E-state index is 6.03. The summed E-state index contributed by atoms with van der Waals surface area (Å²) in [6.07, 6.45) is 2.00. The van der Waals surface area contributed by atoms with Crippen LogP contribution in [0.1, 0.15) is 5.69 Å². The van der Waals surface area contributed by atoms with E-state index in [1.54, 1.807) is 6.07 Å². The predicted octanol–water partition coefficient (Wildman–Crippen LogP) is 1.62. The number of benzene rings is 1. The van der Waals surface area contributed by atoms with Gasteiger partial charge in [0.2, 0.25) is 0 Å². The van der Waals surface area contributed by atoms with E-state index in [2.05, 4.69) is 9.38 Å². The van der Waals surface area contributed by atoms with Crippen LogP contribution in [0.5, 0.6) is 0 Å². The molecule has 0 saturated carbocycles. The van der Waals surface area contributed by atoms with Gasteiger partial charge >= 0.3 is 0 Å². The van der Waals surface area contributed by atoms with Crippen molar-refractivity contribution < 1.29 is 24.0 Å². The standard InChI is InChI=1S/C14H10Cl2N2.HI/c1-9-3-2-4-14-17-13(8-18(9)14)10-5-6-11(15)12(16)7-10;/h2-8H,1H3;1H/p-1. The average molecular weight is 404 g/mol. The lowest BCUT2D eigenvalue weighted by Gasteiger charge is -1.99. The molecule has 0 radical (unpaired) electrons. The van der Waals surface area contributed by atoms with E-state index in [9.17, 15) is 0 Å². The van der Waals surface area contributed by atoms with Gasteiger partial charge in [0, 0.05) is 17.5 Å². The molecular weight excluding hydrogens is 394 g/mol. The molecule has 0 unspecified atom stereocenters. The second-order valence-electron chi connectivity index (χ2n) is 4.15. The van der Waals surface area contributed by atoms with Crippen LogP contribution in [0.4, 0.5) is 0 Å². The molecule has 0 aliphatic rings. The van der Waals surface area contributed by atoms with Crippen molar-refractivity contribution in [2.24, 2.45) is 0 Å². The summed E-state index contributed by atoms with van der Waals surface area (Å²) < 4.78 is 2.05. The summed E-state index contributed by atoms with van der Waals surface area (Å²) in [5, 5.41) is 1.10. The van der Waals surface area contributed by atoms with E-state index in [4.69, 9.17) is 23.2 Å². The first-order chi connectivity index (χ1) is 8.65. The maximum atomic E-state index is 6.03. The van der Waals surface area contributed by atoms with Crippen molar-refractivity contribution in [3.05, 3.63) is 58.3 Å². The Bertz CT molecular complexity index is 737. The molecule has 2 aromatic heterocycles. The highest BCUT2D eigenvalue weighted by Crippen LogP contribution is 2.28. The highest BCUT2D eigenvalue weighted by Gasteiger charge is 2.07. The normalized spacial score (nSPS) is 10.5. The van der Waals surface area contributed by atoms with E-state index in [1.807, 2.05) is 43.5 Å². The summed E-state index contributed by atoms with van der Waals surface area (Å²) in [6.45, 7) is 2.05. The molecule has 98 valence electrons. The Balaban J connectivity index is 0.00000133. The molecule has 0 amide bonds. The largest absolute Gasteiger partial charge is 1.00 e. The highest BCUT2D eigenvalue weighted by molar-refractivity contribution is 6.42. The third kappa shape index (κ3) is 2.73. The van der Waals surface area contributed by atoms with Crippen molar-refractivity contribution in [2.75, 3.05) is 0 Å². The zero-order valence-electron chi connectivity index (χ0n) is 10.1. The number of aryl methyl sites for hydroxylation is 1. The summed E-state index contributed by atoms with van der Waals surface area (Å²) in [6, 6.07) is 11.6. The Morgan fingerprint density at radius 3 is 2.53 bits per heavy atom. The lowest BCUT2D eigenvalue weighted by molar-refractivity contribution is -0.00000356. The van der Waals surface area contributed by atoms with Gasteiger partial charge in [-0.1, -0.05) is 35.3 Å². The average Bonchev–Trinajstić information content (AvgIpc) is 2.78. The maximum Gasteiger partial charge on any atom is 0.137 e. The van der Waals surface area contributed by atoms with Crippen LogP contribution in [0.25, 0.3) is 16.9 Å². The molecule has 0 bridgehead atoms. The summed E-state index contributed by atoms with van der Waals surface area (Å²) >= 11 is 11.9. The van der Waals surface area contributed by atoms with Crippen LogP contribution in [0, 0.1) is 6.92 Å². The van der Waals surface area contributed by atoms with Crippen molar-refractivity contribution >= 4 is 28.8 Å². The van der Waals surface area contributed by atoms with Crippen LogP contribution in [0.2, 0.25) is 10.0 Å². The number of rotatable bonds is 1. The van der Waals surface area contributed by atoms with Gasteiger partial charge in [0.25, 0.3) is 0 Å². The van der Waals surface area contributed by atoms with Crippen molar-refractivity contribution in [1.29, 1.82) is 0 Å². The van der Waals surface area contributed by atoms with E-state index >= 15 is 0 Å². The molecule has 0 spiro atoms. The Morgan fingerprint density at radius 2 is 1.84 bits per heavy atom. The molecule has 0 saturated heterocycles. The van der Waals surface area contributed by atoms with E-state index in [1.165, 1.54) is 0 Å². The Morgan fingerprint density at radius 1 is 1.05 bits per heavy atom. The van der Waals surface area contributed by atoms with Gasteiger partial charge in [-0.25, -0.2) is 4.98 Å². The fraction of sp³-hybridized carbons (Fsp3) is 0.0714. The number of hydrogen-bond acceptors (Lipinski definition) is 1. The summed E-state index contributed by atoms with van der Waals surface area (Å²) in [4.78, 5) is 4.58. The number of aromatic nitrogens is 2. The van der Waals surface area contributed by atoms with Crippen LogP contribution in [0.15, 0.2) is 42.6 Å². The molecule has 3 aromatic rings. The molecule has 19 heavy (non-hydrogen) atoms. The smallest absolute Gasteiger partial charge is 0.137 e. The summed E-state index contributed by atoms with van der Waals surface area (Å²) in [5.41, 5.74) is 3.93. The van der Waals surface area contributed by atoms with Crippen molar-refractivity contribution in [1.82, 2.24) is 9.38 Å². The Hall–Kier alpha value is -0.780. The fourth-order valence-electron chi connectivity index (χ4n) is 1.94. The van der Waals surface area contributed by atoms with Gasteiger partial charge in [0.1, 0.15) is 5.65 Å². The lowest BCUT2D eigenvalue weighted by Crippen LogP contribution is -3.00. The van der Waals surface area contributed by atoms with Crippen LogP contribution in [-0.4, -0.2) is 9.38 Å². The molecule has 0 N–H and O–H groups in total. The van der Waals surface area contributed by atoms with Crippen molar-refractivity contribution in [3.63, 3.8) is 0 Å². The minimum atomic E-state index is 0. The Labute approximate surface area is 138 Å². The zero-order chi connectivity index (χ0) is 12.7. The third-order valence-corrected chi connectivity index (χ3v) is 3.65. The quantitative estimate of drug-likeness (QED) is 0.564. The second-order valence-corrected chi connectivity index (χ2v) is 4.96. The van der Waals surface area contributed by atoms with Crippen molar-refractivity contribution in [2.45, 2.75) is 6.92 Å². The van der Waals surface area contributed by atoms with Crippen LogP contribution < -0.4 is 24.0 Å². The number of imidazole rings is 1. The van der Waals surface area contributed by atoms with E-state index in [0.717, 1.165) is 22.6 Å². The first-order valence-corrected chi connectivity index (χ1v) is 6.31. The van der Waals surface area contributed by atoms with Crippen LogP contribution in [0.3, 0.4) is 0 Å². The first kappa shape index (κ1) is 14.6. The van der Waals surface area contributed by atoms with Crippen LogP contribution >= 0.6 is 23.2 Å². The van der Waals surface area contributed by atoms with Gasteiger partial charge < -0.3 is 28.4 Å². The van der Waals surface area contributed by atoms with E-state index in [-0.39, 0.29) is 24.0 Å². The van der Waals surface area contributed by atoms with Crippen LogP contribution in [-0.2, 0) is 0 Å². The molecule has 0 fully saturated rings. The van der Waals surface area contributed by atoms with Gasteiger partial charge in [0.05, 0.1) is 15.7 Å². The minimum Gasteiger partial charge on any atom is -1.00 e. The summed E-state index contributed by atoms with van der Waals surface area (Å²) in [7, 11) is 0. The molecule has 0 aliphatic heterocycles. The number of pyridine rings is 1. The molecule has 3 rings (SSSR count). The SMILES string of the molecule is Cc1cccc2nc(-c3ccc(Cl)c(Cl)c3)cn12.[I-]. The van der Waals surface area contributed by atoms with Gasteiger partial charge in [-0.15, -0.1) is 0 Å². The van der Waals surface area contributed by atoms with E-state index in [0.29, 0.717) is 10.0 Å².